The zero-order chi connectivity index (χ0) is 36.4. The number of aromatic nitrogens is 3. The summed E-state index contributed by atoms with van der Waals surface area (Å²) in [5.74, 6) is -0.754. The zero-order valence-corrected chi connectivity index (χ0v) is 28.2. The summed E-state index contributed by atoms with van der Waals surface area (Å²) < 4.78 is 70.5. The van der Waals surface area contributed by atoms with Gasteiger partial charge in [-0.15, -0.1) is 54.0 Å². The van der Waals surface area contributed by atoms with Crippen LogP contribution in [0.1, 0.15) is 60.2 Å². The number of aryl methyl sites for hydroxylation is 2. The average Bonchev–Trinajstić information content (AvgIpc) is 3.44. The number of nitrogens with zero attached hydrogens (tertiary/aromatic N) is 3. The fraction of sp³-hybridized carbons (Fsp3) is 0.270. The molecule has 0 aliphatic heterocycles. The van der Waals surface area contributed by atoms with E-state index in [4.69, 9.17) is 15.4 Å². The predicted octanol–water partition coefficient (Wildman–Crippen LogP) is 8.94. The van der Waals surface area contributed by atoms with Crippen LogP contribution in [0, 0.1) is 12.1 Å². The van der Waals surface area contributed by atoms with Crippen LogP contribution in [0.25, 0.3) is 44.6 Å². The molecule has 0 amide bonds. The maximum absolute atomic E-state index is 8.45. The minimum Gasteiger partial charge on any atom is -0.486 e. The third-order valence-electron chi connectivity index (χ3n) is 7.20. The van der Waals surface area contributed by atoms with Crippen LogP contribution in [0.3, 0.4) is 0 Å². The van der Waals surface area contributed by atoms with Crippen LogP contribution in [0.4, 0.5) is 0 Å². The molecule has 0 spiro atoms. The Kier molecular flexibility index (Phi) is 6.71. The van der Waals surface area contributed by atoms with Crippen LogP contribution in [0.5, 0.6) is 0 Å². The summed E-state index contributed by atoms with van der Waals surface area (Å²) in [4.78, 5) is 13.2. The Labute approximate surface area is 280 Å². The van der Waals surface area contributed by atoms with Crippen LogP contribution in [-0.4, -0.2) is 23.0 Å². The second-order valence-corrected chi connectivity index (χ2v) is 16.5. The number of furan rings is 1. The molecule has 6 heteroatoms. The van der Waals surface area contributed by atoms with E-state index < -0.39 is 26.7 Å². The van der Waals surface area contributed by atoms with Crippen molar-refractivity contribution in [1.82, 2.24) is 15.0 Å². The van der Waals surface area contributed by atoms with Gasteiger partial charge in [0.1, 0.15) is 0 Å². The van der Waals surface area contributed by atoms with E-state index in [1.807, 2.05) is 44.3 Å². The molecule has 4 aromatic heterocycles. The molecular formula is C37H37IrN3OSi-2. The van der Waals surface area contributed by atoms with Gasteiger partial charge in [0.15, 0.2) is 0 Å². The third kappa shape index (κ3) is 6.57. The predicted molar refractivity (Wildman–Crippen MR) is 176 cm³/mol. The van der Waals surface area contributed by atoms with Gasteiger partial charge in [-0.3, -0.25) is 0 Å². The van der Waals surface area contributed by atoms with E-state index in [9.17, 15) is 0 Å². The Morgan fingerprint density at radius 1 is 0.930 bits per heavy atom. The van der Waals surface area contributed by atoms with Crippen molar-refractivity contribution in [3.05, 3.63) is 108 Å². The standard InChI is InChI=1S/C20H15N2O.C17H22NSi.Ir/c1-2-6-14-12-22-18(11-13(14)5-1)17-8-3-7-15-16-9-4-10-21-20(16)23-19(15)17;1-13(2)15-11-16(14-9-7-6-8-10-14)18-12-17(15)19(3,4)5;/h3-4,7,9-12H,1-2,5-6H2;6-9,11-13H,1-5H3;/q2*-1;/i5D2,6D2;6D,7D,8D,13D;. The van der Waals surface area contributed by atoms with E-state index in [-0.39, 0.29) is 51.1 Å². The van der Waals surface area contributed by atoms with Gasteiger partial charge in [-0.1, -0.05) is 67.7 Å². The Hall–Kier alpha value is -3.44. The van der Waals surface area contributed by atoms with Crippen LogP contribution in [0.15, 0.2) is 83.6 Å². The van der Waals surface area contributed by atoms with Gasteiger partial charge in [0.2, 0.25) is 5.71 Å². The SMILES string of the molecule is [2H]C1([2H])CCC([2H])([2H])c2cc(-c3[c-]ccc4c3oc3ncccc34)ncc21.[2H]c1[c-]c(-c2cc(C([2H])(C)C)c([Si](C)(C)C)cn2)cc([2H])c1[2H].[Ir]. The molecule has 7 rings (SSSR count). The first-order chi connectivity index (χ1) is 23.3. The topological polar surface area (TPSA) is 51.8 Å². The average molecular weight is 768 g/mol. The minimum atomic E-state index is -1.64. The molecule has 1 radical (unpaired) electrons. The molecule has 0 N–H and O–H groups in total. The summed E-state index contributed by atoms with van der Waals surface area (Å²) in [6.07, 6.45) is 2.07. The van der Waals surface area contributed by atoms with Gasteiger partial charge in [-0.25, -0.2) is 4.98 Å². The number of hydrogen-bond acceptors (Lipinski definition) is 4. The molecule has 0 saturated heterocycles. The van der Waals surface area contributed by atoms with Crippen molar-refractivity contribution in [1.29, 1.82) is 0 Å². The molecule has 1 aliphatic rings. The van der Waals surface area contributed by atoms with Crippen molar-refractivity contribution in [3.8, 4) is 22.5 Å². The number of hydrogen-bond donors (Lipinski definition) is 0. The molecular weight excluding hydrogens is 723 g/mol. The summed E-state index contributed by atoms with van der Waals surface area (Å²) in [7, 11) is -1.64. The molecule has 0 unspecified atom stereocenters. The fourth-order valence-electron chi connectivity index (χ4n) is 5.07. The molecule has 6 aromatic rings. The van der Waals surface area contributed by atoms with E-state index in [1.54, 1.807) is 18.3 Å². The van der Waals surface area contributed by atoms with Gasteiger partial charge in [-0.05, 0) is 67.1 Å². The van der Waals surface area contributed by atoms with E-state index >= 15 is 0 Å². The first-order valence-corrected chi connectivity index (χ1v) is 17.5. The molecule has 0 saturated carbocycles. The molecule has 0 bridgehead atoms. The van der Waals surface area contributed by atoms with Gasteiger partial charge in [0.25, 0.3) is 0 Å². The fourth-order valence-corrected chi connectivity index (χ4v) is 6.65. The van der Waals surface area contributed by atoms with Crippen molar-refractivity contribution in [2.24, 2.45) is 0 Å². The number of rotatable bonds is 4. The Morgan fingerprint density at radius 2 is 1.72 bits per heavy atom. The molecule has 221 valence electrons. The molecule has 0 fully saturated rings. The van der Waals surface area contributed by atoms with Gasteiger partial charge in [0.05, 0.1) is 13.7 Å². The van der Waals surface area contributed by atoms with E-state index in [0.29, 0.717) is 44.9 Å². The Bertz CT molecular complexity index is 2240. The summed E-state index contributed by atoms with van der Waals surface area (Å²) in [6, 6.07) is 18.2. The maximum Gasteiger partial charge on any atom is 0.216 e. The first kappa shape index (κ1) is 22.1. The Morgan fingerprint density at radius 3 is 2.49 bits per heavy atom. The summed E-state index contributed by atoms with van der Waals surface area (Å²) in [5, 5.41) is 2.94. The second kappa shape index (κ2) is 13.0. The largest absolute Gasteiger partial charge is 0.486 e. The number of fused-ring (bicyclic) bond motifs is 4. The molecule has 1 aliphatic carbocycles. The first-order valence-electron chi connectivity index (χ1n) is 18.0. The monoisotopic (exact) mass is 768 g/mol. The van der Waals surface area contributed by atoms with Crippen molar-refractivity contribution in [3.63, 3.8) is 0 Å². The van der Waals surface area contributed by atoms with Crippen molar-refractivity contribution < 1.29 is 35.5 Å². The quantitative estimate of drug-likeness (QED) is 0.133. The third-order valence-corrected chi connectivity index (χ3v) is 9.21. The van der Waals surface area contributed by atoms with Crippen LogP contribution >= 0.6 is 0 Å². The molecule has 4 heterocycles. The van der Waals surface area contributed by atoms with Gasteiger partial charge < -0.3 is 14.4 Å². The zero-order valence-electron chi connectivity index (χ0n) is 32.8. The van der Waals surface area contributed by atoms with E-state index in [0.717, 1.165) is 21.5 Å². The van der Waals surface area contributed by atoms with Crippen LogP contribution in [-0.2, 0) is 32.9 Å². The summed E-state index contributed by atoms with van der Waals surface area (Å²) in [5.41, 5.74) is 4.99. The molecule has 0 atom stereocenters. The molecule has 2 aromatic carbocycles. The van der Waals surface area contributed by atoms with E-state index in [1.165, 1.54) is 12.3 Å². The van der Waals surface area contributed by atoms with E-state index in [2.05, 4.69) is 46.7 Å². The second-order valence-electron chi connectivity index (χ2n) is 11.5. The van der Waals surface area contributed by atoms with Gasteiger partial charge in [0, 0.05) is 53.7 Å². The van der Waals surface area contributed by atoms with Crippen molar-refractivity contribution in [2.75, 3.05) is 0 Å². The van der Waals surface area contributed by atoms with Crippen molar-refractivity contribution in [2.45, 2.75) is 65.0 Å². The van der Waals surface area contributed by atoms with Gasteiger partial charge in [-0.2, -0.15) is 0 Å². The molecule has 4 nitrogen and oxygen atoms in total. The maximum atomic E-state index is 8.45. The normalized spacial score (nSPS) is 18.2. The number of benzene rings is 2. The molecule has 43 heavy (non-hydrogen) atoms. The van der Waals surface area contributed by atoms with Gasteiger partial charge >= 0.3 is 0 Å². The number of pyridine rings is 3. The minimum absolute atomic E-state index is 0. The summed E-state index contributed by atoms with van der Waals surface area (Å²) >= 11 is 0. The smallest absolute Gasteiger partial charge is 0.216 e. The van der Waals surface area contributed by atoms with Crippen LogP contribution in [0.2, 0.25) is 19.6 Å². The van der Waals surface area contributed by atoms with Crippen molar-refractivity contribution >= 4 is 35.3 Å². The van der Waals surface area contributed by atoms with Crippen LogP contribution < -0.4 is 5.19 Å². The Balaban J connectivity index is 0.000000197. The summed E-state index contributed by atoms with van der Waals surface area (Å²) in [6.45, 7) is 10.4.